The van der Waals surface area contributed by atoms with Gasteiger partial charge < -0.3 is 4.74 Å². The van der Waals surface area contributed by atoms with Crippen LogP contribution in [0.15, 0.2) is 66.1 Å². The van der Waals surface area contributed by atoms with Crippen LogP contribution in [0, 0.1) is 0 Å². The van der Waals surface area contributed by atoms with Crippen molar-refractivity contribution in [2.45, 2.75) is 11.3 Å². The smallest absolute Gasteiger partial charge is 0.261 e. The van der Waals surface area contributed by atoms with E-state index in [4.69, 9.17) is 15.4 Å². The first kappa shape index (κ1) is 15.6. The van der Waals surface area contributed by atoms with E-state index in [2.05, 4.69) is 6.58 Å². The first-order valence-corrected chi connectivity index (χ1v) is 8.71. The van der Waals surface area contributed by atoms with Crippen molar-refractivity contribution in [1.82, 2.24) is 0 Å². The molecule has 5 heteroatoms. The minimum atomic E-state index is -3.77. The summed E-state index contributed by atoms with van der Waals surface area (Å²) >= 11 is 0. The molecule has 2 aromatic rings. The van der Waals surface area contributed by atoms with Gasteiger partial charge in [-0.1, -0.05) is 36.4 Å². The van der Waals surface area contributed by atoms with Gasteiger partial charge in [-0.05, 0) is 30.2 Å². The molecule has 0 aliphatic heterocycles. The molecule has 0 heterocycles. The maximum Gasteiger partial charge on any atom is 0.261 e. The normalized spacial score (nSPS) is 11.1. The van der Waals surface area contributed by atoms with Gasteiger partial charge in [-0.25, -0.2) is 8.42 Å². The van der Waals surface area contributed by atoms with E-state index in [1.165, 1.54) is 12.1 Å². The summed E-state index contributed by atoms with van der Waals surface area (Å²) in [7, 11) is 1.64. The summed E-state index contributed by atoms with van der Waals surface area (Å²) in [6.07, 6.45) is 2.48. The summed E-state index contributed by atoms with van der Waals surface area (Å²) < 4.78 is 28.7. The van der Waals surface area contributed by atoms with Crippen molar-refractivity contribution in [1.29, 1.82) is 0 Å². The molecule has 0 amide bonds. The van der Waals surface area contributed by atoms with Crippen LogP contribution in [0.25, 0.3) is 11.1 Å². The van der Waals surface area contributed by atoms with E-state index in [0.29, 0.717) is 24.3 Å². The number of rotatable bonds is 6. The van der Waals surface area contributed by atoms with Crippen molar-refractivity contribution in [2.24, 2.45) is 0 Å². The number of halogens is 1. The third-order valence-corrected chi connectivity index (χ3v) is 4.25. The van der Waals surface area contributed by atoms with Crippen LogP contribution >= 0.6 is 10.7 Å². The largest absolute Gasteiger partial charge is 0.493 e. The Labute approximate surface area is 129 Å². The molecule has 21 heavy (non-hydrogen) atoms. The molecule has 0 spiro atoms. The average Bonchev–Trinajstić information content (AvgIpc) is 2.47. The quantitative estimate of drug-likeness (QED) is 0.454. The fraction of sp³-hybridized carbons (Fsp3) is 0.125. The van der Waals surface area contributed by atoms with Gasteiger partial charge in [0.25, 0.3) is 9.05 Å². The van der Waals surface area contributed by atoms with E-state index in [0.717, 1.165) is 5.56 Å². The second-order valence-corrected chi connectivity index (χ2v) is 6.95. The molecule has 0 N–H and O–H groups in total. The molecule has 110 valence electrons. The van der Waals surface area contributed by atoms with Crippen molar-refractivity contribution < 1.29 is 13.2 Å². The van der Waals surface area contributed by atoms with Gasteiger partial charge in [0.15, 0.2) is 0 Å². The van der Waals surface area contributed by atoms with Gasteiger partial charge in [0.1, 0.15) is 5.75 Å². The Morgan fingerprint density at radius 1 is 1.14 bits per heavy atom. The lowest BCUT2D eigenvalue weighted by Crippen LogP contribution is -1.99. The Balaban J connectivity index is 2.48. The number of hydrogen-bond acceptors (Lipinski definition) is 3. The Bertz CT molecular complexity index is 724. The molecule has 0 radical (unpaired) electrons. The minimum Gasteiger partial charge on any atom is -0.493 e. The van der Waals surface area contributed by atoms with Gasteiger partial charge in [-0.2, -0.15) is 0 Å². The highest BCUT2D eigenvalue weighted by atomic mass is 35.7. The lowest BCUT2D eigenvalue weighted by atomic mass is 10.0. The van der Waals surface area contributed by atoms with Crippen molar-refractivity contribution in [3.63, 3.8) is 0 Å². The predicted molar refractivity (Wildman–Crippen MR) is 85.2 cm³/mol. The maximum absolute atomic E-state index is 11.5. The van der Waals surface area contributed by atoms with E-state index in [1.807, 2.05) is 30.3 Å². The lowest BCUT2D eigenvalue weighted by molar-refractivity contribution is 0.326. The Morgan fingerprint density at radius 2 is 1.86 bits per heavy atom. The van der Waals surface area contributed by atoms with Gasteiger partial charge in [-0.15, -0.1) is 6.58 Å². The molecule has 2 rings (SSSR count). The highest BCUT2D eigenvalue weighted by Crippen LogP contribution is 2.33. The van der Waals surface area contributed by atoms with E-state index in [-0.39, 0.29) is 4.90 Å². The van der Waals surface area contributed by atoms with Gasteiger partial charge in [0, 0.05) is 16.2 Å². The predicted octanol–water partition coefficient (Wildman–Crippen LogP) is 4.24. The Hall–Kier alpha value is -1.78. The summed E-state index contributed by atoms with van der Waals surface area (Å²) in [5.74, 6) is 0.618. The van der Waals surface area contributed by atoms with E-state index >= 15 is 0 Å². The zero-order chi connectivity index (χ0) is 15.3. The molecule has 0 atom stereocenters. The van der Waals surface area contributed by atoms with Gasteiger partial charge >= 0.3 is 0 Å². The standard InChI is InChI=1S/C16H15ClO3S/c1-2-3-11-20-16-10-9-14(21(17,18)19)12-15(16)13-7-5-4-6-8-13/h2,4-10,12H,1,3,11H2. The highest BCUT2D eigenvalue weighted by molar-refractivity contribution is 8.13. The average molecular weight is 323 g/mol. The molecule has 2 aromatic carbocycles. The SMILES string of the molecule is C=CCCOc1ccc(S(=O)(=O)Cl)cc1-c1ccccc1. The van der Waals surface area contributed by atoms with Crippen molar-refractivity contribution in [3.05, 3.63) is 61.2 Å². The van der Waals surface area contributed by atoms with Crippen LogP contribution in [-0.2, 0) is 9.05 Å². The summed E-state index contributed by atoms with van der Waals surface area (Å²) in [6.45, 7) is 4.12. The minimum absolute atomic E-state index is 0.0547. The van der Waals surface area contributed by atoms with Crippen LogP contribution < -0.4 is 4.74 Å². The topological polar surface area (TPSA) is 43.4 Å². The van der Waals surface area contributed by atoms with Crippen LogP contribution in [-0.4, -0.2) is 15.0 Å². The van der Waals surface area contributed by atoms with Crippen LogP contribution in [0.4, 0.5) is 0 Å². The third-order valence-electron chi connectivity index (χ3n) is 2.90. The zero-order valence-corrected chi connectivity index (χ0v) is 12.9. The number of hydrogen-bond donors (Lipinski definition) is 0. The monoisotopic (exact) mass is 322 g/mol. The number of benzene rings is 2. The molecule has 0 unspecified atom stereocenters. The first-order valence-electron chi connectivity index (χ1n) is 6.40. The first-order chi connectivity index (χ1) is 10.0. The van der Waals surface area contributed by atoms with Crippen molar-refractivity contribution in [3.8, 4) is 16.9 Å². The molecule has 0 saturated heterocycles. The molecule has 0 fully saturated rings. The molecule has 0 aliphatic carbocycles. The summed E-state index contributed by atoms with van der Waals surface area (Å²) in [5.41, 5.74) is 1.56. The van der Waals surface area contributed by atoms with Gasteiger partial charge in [-0.3, -0.25) is 0 Å². The van der Waals surface area contributed by atoms with Gasteiger partial charge in [0.05, 0.1) is 11.5 Å². The molecule has 0 saturated carbocycles. The van der Waals surface area contributed by atoms with Crippen LogP contribution in [0.3, 0.4) is 0 Å². The van der Waals surface area contributed by atoms with E-state index in [1.54, 1.807) is 12.1 Å². The molecule has 0 aliphatic rings. The fourth-order valence-corrected chi connectivity index (χ4v) is 2.66. The Kier molecular flexibility index (Phi) is 5.04. The molecular weight excluding hydrogens is 308 g/mol. The zero-order valence-electron chi connectivity index (χ0n) is 11.3. The lowest BCUT2D eigenvalue weighted by Gasteiger charge is -2.12. The molecular formula is C16H15ClO3S. The highest BCUT2D eigenvalue weighted by Gasteiger charge is 2.14. The van der Waals surface area contributed by atoms with Crippen molar-refractivity contribution >= 4 is 19.7 Å². The van der Waals surface area contributed by atoms with Crippen LogP contribution in [0.2, 0.25) is 0 Å². The third kappa shape index (κ3) is 4.09. The number of ether oxygens (including phenoxy) is 1. The van der Waals surface area contributed by atoms with E-state index in [9.17, 15) is 8.42 Å². The second kappa shape index (κ2) is 6.78. The molecule has 0 bridgehead atoms. The van der Waals surface area contributed by atoms with Crippen LogP contribution in [0.1, 0.15) is 6.42 Å². The summed E-state index contributed by atoms with van der Waals surface area (Å²) in [4.78, 5) is 0.0547. The Morgan fingerprint density at radius 3 is 2.48 bits per heavy atom. The fourth-order valence-electron chi connectivity index (χ4n) is 1.88. The van der Waals surface area contributed by atoms with Crippen molar-refractivity contribution in [2.75, 3.05) is 6.61 Å². The second-order valence-electron chi connectivity index (χ2n) is 4.39. The van der Waals surface area contributed by atoms with E-state index < -0.39 is 9.05 Å². The summed E-state index contributed by atoms with van der Waals surface area (Å²) in [6, 6.07) is 14.0. The van der Waals surface area contributed by atoms with Gasteiger partial charge in [0.2, 0.25) is 0 Å². The summed E-state index contributed by atoms with van der Waals surface area (Å²) in [5, 5.41) is 0. The molecule has 3 nitrogen and oxygen atoms in total. The maximum atomic E-state index is 11.5. The van der Waals surface area contributed by atoms with Crippen LogP contribution in [0.5, 0.6) is 5.75 Å². The molecule has 0 aromatic heterocycles.